The van der Waals surface area contributed by atoms with E-state index in [0.29, 0.717) is 12.5 Å². The van der Waals surface area contributed by atoms with Crippen molar-refractivity contribution in [3.05, 3.63) is 35.9 Å². The Kier molecular flexibility index (Phi) is 6.44. The summed E-state index contributed by atoms with van der Waals surface area (Å²) in [5.74, 6) is -0.136. The number of hydrogen-bond donors (Lipinski definition) is 1. The van der Waals surface area contributed by atoms with Gasteiger partial charge in [0.2, 0.25) is 0 Å². The zero-order valence-corrected chi connectivity index (χ0v) is 11.3. The molecule has 0 aliphatic carbocycles. The number of carboxylic acids is 1. The van der Waals surface area contributed by atoms with Gasteiger partial charge in [0.05, 0.1) is 6.42 Å². The first-order valence-corrected chi connectivity index (χ1v) is 6.52. The molecule has 3 heteroatoms. The summed E-state index contributed by atoms with van der Waals surface area (Å²) in [4.78, 5) is 12.6. The van der Waals surface area contributed by atoms with E-state index in [4.69, 9.17) is 5.11 Å². The van der Waals surface area contributed by atoms with Crippen LogP contribution in [0.25, 0.3) is 0 Å². The Balaban J connectivity index is 2.20. The van der Waals surface area contributed by atoms with Gasteiger partial charge in [-0.25, -0.2) is 0 Å². The van der Waals surface area contributed by atoms with Gasteiger partial charge in [-0.2, -0.15) is 0 Å². The van der Waals surface area contributed by atoms with Gasteiger partial charge in [-0.1, -0.05) is 37.3 Å². The molecule has 0 fully saturated rings. The molecule has 0 saturated heterocycles. The minimum atomic E-state index is -0.723. The summed E-state index contributed by atoms with van der Waals surface area (Å²) in [6.45, 7) is 3.81. The van der Waals surface area contributed by atoms with Crippen molar-refractivity contribution in [2.75, 3.05) is 20.1 Å². The first-order chi connectivity index (χ1) is 8.58. The van der Waals surface area contributed by atoms with Crippen LogP contribution in [0.3, 0.4) is 0 Å². The van der Waals surface area contributed by atoms with E-state index in [1.54, 1.807) is 0 Å². The third kappa shape index (κ3) is 6.40. The molecule has 18 heavy (non-hydrogen) atoms. The van der Waals surface area contributed by atoms with Crippen molar-refractivity contribution in [3.63, 3.8) is 0 Å². The van der Waals surface area contributed by atoms with Crippen LogP contribution >= 0.6 is 0 Å². The Morgan fingerprint density at radius 1 is 1.33 bits per heavy atom. The van der Waals surface area contributed by atoms with Crippen molar-refractivity contribution < 1.29 is 9.90 Å². The topological polar surface area (TPSA) is 40.5 Å². The Morgan fingerprint density at radius 3 is 2.61 bits per heavy atom. The van der Waals surface area contributed by atoms with Crippen molar-refractivity contribution in [1.29, 1.82) is 0 Å². The predicted octanol–water partition coefficient (Wildman–Crippen LogP) is 2.66. The van der Waals surface area contributed by atoms with E-state index >= 15 is 0 Å². The van der Waals surface area contributed by atoms with E-state index < -0.39 is 5.97 Å². The van der Waals surface area contributed by atoms with E-state index in [9.17, 15) is 4.79 Å². The van der Waals surface area contributed by atoms with Crippen LogP contribution in [0.1, 0.15) is 25.3 Å². The van der Waals surface area contributed by atoms with Crippen molar-refractivity contribution in [3.8, 4) is 0 Å². The third-order valence-corrected chi connectivity index (χ3v) is 3.10. The molecule has 0 aliphatic rings. The molecule has 1 aromatic rings. The molecule has 0 heterocycles. The minimum Gasteiger partial charge on any atom is -0.481 e. The lowest BCUT2D eigenvalue weighted by Gasteiger charge is -2.20. The second-order valence-electron chi connectivity index (χ2n) is 5.04. The summed E-state index contributed by atoms with van der Waals surface area (Å²) in [6, 6.07) is 10.5. The number of carboxylic acid groups (broad SMARTS) is 1. The zero-order chi connectivity index (χ0) is 13.4. The molecule has 1 unspecified atom stereocenters. The lowest BCUT2D eigenvalue weighted by atomic mass is 10.0. The molecular formula is C15H23NO2. The number of carbonyl (C=O) groups is 1. The summed E-state index contributed by atoms with van der Waals surface area (Å²) in [6.07, 6.45) is 2.46. The van der Waals surface area contributed by atoms with Crippen molar-refractivity contribution in [2.24, 2.45) is 5.92 Å². The Hall–Kier alpha value is -1.35. The Labute approximate surface area is 109 Å². The fraction of sp³-hybridized carbons (Fsp3) is 0.533. The molecule has 1 rings (SSSR count). The highest BCUT2D eigenvalue weighted by molar-refractivity contribution is 5.66. The molecule has 0 aromatic heterocycles. The summed E-state index contributed by atoms with van der Waals surface area (Å²) >= 11 is 0. The molecule has 1 atom stereocenters. The van der Waals surface area contributed by atoms with Crippen LogP contribution < -0.4 is 0 Å². The Morgan fingerprint density at radius 2 is 2.00 bits per heavy atom. The molecule has 0 amide bonds. The summed E-state index contributed by atoms with van der Waals surface area (Å²) in [7, 11) is 1.99. The highest BCUT2D eigenvalue weighted by Gasteiger charge is 2.08. The summed E-state index contributed by atoms with van der Waals surface area (Å²) < 4.78 is 0. The van der Waals surface area contributed by atoms with Crippen molar-refractivity contribution in [1.82, 2.24) is 4.90 Å². The second kappa shape index (κ2) is 7.88. The number of nitrogens with zero attached hydrogens (tertiary/aromatic N) is 1. The second-order valence-corrected chi connectivity index (χ2v) is 5.04. The van der Waals surface area contributed by atoms with Gasteiger partial charge in [0.25, 0.3) is 0 Å². The van der Waals surface area contributed by atoms with E-state index in [2.05, 4.69) is 36.1 Å². The van der Waals surface area contributed by atoms with E-state index in [1.165, 1.54) is 5.56 Å². The van der Waals surface area contributed by atoms with Gasteiger partial charge < -0.3 is 10.0 Å². The van der Waals surface area contributed by atoms with Crippen molar-refractivity contribution >= 4 is 5.97 Å². The van der Waals surface area contributed by atoms with Gasteiger partial charge in [0.15, 0.2) is 0 Å². The van der Waals surface area contributed by atoms with Gasteiger partial charge in [0, 0.05) is 13.1 Å². The van der Waals surface area contributed by atoms with E-state index in [0.717, 1.165) is 19.4 Å². The first-order valence-electron chi connectivity index (χ1n) is 6.52. The number of aryl methyl sites for hydroxylation is 1. The first kappa shape index (κ1) is 14.7. The lowest BCUT2D eigenvalue weighted by molar-refractivity contribution is -0.137. The van der Waals surface area contributed by atoms with Crippen LogP contribution in [0.2, 0.25) is 0 Å². The van der Waals surface area contributed by atoms with Gasteiger partial charge in [-0.3, -0.25) is 4.79 Å². The fourth-order valence-corrected chi connectivity index (χ4v) is 2.06. The van der Waals surface area contributed by atoms with Gasteiger partial charge in [0.1, 0.15) is 0 Å². The standard InChI is InChI=1S/C15H23NO2/c1-13(12-16(2)11-10-15(17)18)8-9-14-6-4-3-5-7-14/h3-7,13H,8-12H2,1-2H3,(H,17,18). The summed E-state index contributed by atoms with van der Waals surface area (Å²) in [5, 5.41) is 8.62. The van der Waals surface area contributed by atoms with E-state index in [-0.39, 0.29) is 6.42 Å². The molecule has 100 valence electrons. The fourth-order valence-electron chi connectivity index (χ4n) is 2.06. The molecule has 1 aromatic carbocycles. The molecule has 0 saturated carbocycles. The molecular weight excluding hydrogens is 226 g/mol. The normalized spacial score (nSPS) is 12.6. The number of benzene rings is 1. The SMILES string of the molecule is CC(CCc1ccccc1)CN(C)CCC(=O)O. The highest BCUT2D eigenvalue weighted by Crippen LogP contribution is 2.10. The highest BCUT2D eigenvalue weighted by atomic mass is 16.4. The van der Waals surface area contributed by atoms with Crippen LogP contribution in [0, 0.1) is 5.92 Å². The van der Waals surface area contributed by atoms with Crippen LogP contribution in [0.15, 0.2) is 30.3 Å². The molecule has 0 aliphatic heterocycles. The molecule has 0 spiro atoms. The number of hydrogen-bond acceptors (Lipinski definition) is 2. The smallest absolute Gasteiger partial charge is 0.304 e. The van der Waals surface area contributed by atoms with Crippen LogP contribution in [0.4, 0.5) is 0 Å². The number of rotatable bonds is 8. The monoisotopic (exact) mass is 249 g/mol. The van der Waals surface area contributed by atoms with Crippen molar-refractivity contribution in [2.45, 2.75) is 26.2 Å². The van der Waals surface area contributed by atoms with Crippen LogP contribution in [0.5, 0.6) is 0 Å². The van der Waals surface area contributed by atoms with Crippen LogP contribution in [-0.4, -0.2) is 36.1 Å². The van der Waals surface area contributed by atoms with Gasteiger partial charge in [-0.05, 0) is 31.4 Å². The maximum absolute atomic E-state index is 10.5. The molecule has 1 N–H and O–H groups in total. The molecule has 0 radical (unpaired) electrons. The van der Waals surface area contributed by atoms with E-state index in [1.807, 2.05) is 13.1 Å². The maximum atomic E-state index is 10.5. The average molecular weight is 249 g/mol. The van der Waals surface area contributed by atoms with Crippen LogP contribution in [-0.2, 0) is 11.2 Å². The minimum absolute atomic E-state index is 0.224. The quantitative estimate of drug-likeness (QED) is 0.770. The third-order valence-electron chi connectivity index (χ3n) is 3.10. The molecule has 3 nitrogen and oxygen atoms in total. The number of aliphatic carboxylic acids is 1. The zero-order valence-electron chi connectivity index (χ0n) is 11.3. The molecule has 0 bridgehead atoms. The predicted molar refractivity (Wildman–Crippen MR) is 73.7 cm³/mol. The maximum Gasteiger partial charge on any atom is 0.304 e. The van der Waals surface area contributed by atoms with Gasteiger partial charge >= 0.3 is 5.97 Å². The average Bonchev–Trinajstić information content (AvgIpc) is 2.35. The Bertz CT molecular complexity index is 351. The summed E-state index contributed by atoms with van der Waals surface area (Å²) in [5.41, 5.74) is 1.37. The lowest BCUT2D eigenvalue weighted by Crippen LogP contribution is -2.27. The van der Waals surface area contributed by atoms with Gasteiger partial charge in [-0.15, -0.1) is 0 Å². The largest absolute Gasteiger partial charge is 0.481 e.